The fourth-order valence-corrected chi connectivity index (χ4v) is 3.58. The summed E-state index contributed by atoms with van der Waals surface area (Å²) < 4.78 is 1.11. The summed E-state index contributed by atoms with van der Waals surface area (Å²) in [5.41, 5.74) is 9.42. The van der Waals surface area contributed by atoms with Crippen LogP contribution in [0.15, 0.2) is 53.0 Å². The Morgan fingerprint density at radius 1 is 1.21 bits per heavy atom. The number of hydrogen-bond donors (Lipinski definition) is 2. The van der Waals surface area contributed by atoms with E-state index in [4.69, 9.17) is 5.73 Å². The summed E-state index contributed by atoms with van der Waals surface area (Å²) >= 11 is 3.61. The van der Waals surface area contributed by atoms with E-state index in [0.717, 1.165) is 28.4 Å². The Bertz CT molecular complexity index is 714. The quantitative estimate of drug-likeness (QED) is 0.783. The molecule has 128 valence electrons. The third-order valence-corrected chi connectivity index (χ3v) is 5.31. The van der Waals surface area contributed by atoms with Crippen molar-refractivity contribution in [3.63, 3.8) is 0 Å². The molecule has 1 saturated carbocycles. The normalized spacial score (nSPS) is 16.0. The van der Waals surface area contributed by atoms with Gasteiger partial charge in [0.05, 0.1) is 0 Å². The van der Waals surface area contributed by atoms with Gasteiger partial charge in [-0.2, -0.15) is 0 Å². The predicted molar refractivity (Wildman–Crippen MR) is 103 cm³/mol. The van der Waals surface area contributed by atoms with Crippen molar-refractivity contribution in [3.8, 4) is 0 Å². The Morgan fingerprint density at radius 2 is 1.83 bits per heavy atom. The molecular weight excluding hydrogens is 388 g/mol. The van der Waals surface area contributed by atoms with Gasteiger partial charge in [0.15, 0.2) is 0 Å². The molecule has 0 spiro atoms. The van der Waals surface area contributed by atoms with E-state index in [1.807, 2.05) is 43.3 Å². The summed E-state index contributed by atoms with van der Waals surface area (Å²) in [4.78, 5) is 12.4. The Labute approximate surface area is 157 Å². The Balaban J connectivity index is 0.00000208. The van der Waals surface area contributed by atoms with Gasteiger partial charge in [-0.3, -0.25) is 4.79 Å². The van der Waals surface area contributed by atoms with Crippen LogP contribution in [0.4, 0.5) is 0 Å². The monoisotopic (exact) mass is 408 g/mol. The van der Waals surface area contributed by atoms with Crippen LogP contribution in [0.3, 0.4) is 0 Å². The van der Waals surface area contributed by atoms with Crippen LogP contribution in [0.25, 0.3) is 0 Å². The summed E-state index contributed by atoms with van der Waals surface area (Å²) in [5, 5.41) is 3.04. The summed E-state index contributed by atoms with van der Waals surface area (Å²) in [5.74, 6) is -0.118. The maximum atomic E-state index is 12.4. The molecule has 2 aromatic rings. The number of carbonyl (C=O) groups is 1. The van der Waals surface area contributed by atoms with E-state index in [0.29, 0.717) is 6.54 Å². The molecule has 1 unspecified atom stereocenters. The molecule has 2 aromatic carbocycles. The first kappa shape index (κ1) is 19.0. The predicted octanol–water partition coefficient (Wildman–Crippen LogP) is 4.03. The molecule has 5 heteroatoms. The molecule has 3 rings (SSSR count). The van der Waals surface area contributed by atoms with Gasteiger partial charge >= 0.3 is 0 Å². The molecule has 0 heterocycles. The van der Waals surface area contributed by atoms with Gasteiger partial charge in [0.25, 0.3) is 0 Å². The van der Waals surface area contributed by atoms with Gasteiger partial charge in [-0.25, -0.2) is 0 Å². The minimum Gasteiger partial charge on any atom is -0.354 e. The fraction of sp³-hybridized carbons (Fsp3) is 0.316. The van der Waals surface area contributed by atoms with Crippen LogP contribution in [0.1, 0.15) is 35.6 Å². The van der Waals surface area contributed by atoms with Crippen LogP contribution in [-0.4, -0.2) is 12.5 Å². The van der Waals surface area contributed by atoms with Crippen molar-refractivity contribution in [1.82, 2.24) is 5.32 Å². The van der Waals surface area contributed by atoms with Crippen molar-refractivity contribution >= 4 is 34.2 Å². The number of nitrogens with two attached hydrogens (primary N) is 1. The lowest BCUT2D eigenvalue weighted by Gasteiger charge is -2.20. The molecular formula is C19H22BrClN2O. The number of aryl methyl sites for hydroxylation is 1. The first-order chi connectivity index (χ1) is 11.0. The smallest absolute Gasteiger partial charge is 0.241 e. The highest BCUT2D eigenvalue weighted by atomic mass is 79.9. The van der Waals surface area contributed by atoms with Gasteiger partial charge in [0, 0.05) is 16.4 Å². The summed E-state index contributed by atoms with van der Waals surface area (Å²) in [6.07, 6.45) is 2.19. The second-order valence-electron chi connectivity index (χ2n) is 6.37. The number of rotatable bonds is 5. The summed E-state index contributed by atoms with van der Waals surface area (Å²) in [6, 6.07) is 15.4. The number of halogens is 2. The van der Waals surface area contributed by atoms with Crippen molar-refractivity contribution in [2.45, 2.75) is 31.2 Å². The third kappa shape index (κ3) is 4.00. The van der Waals surface area contributed by atoms with Crippen molar-refractivity contribution in [2.24, 2.45) is 5.73 Å². The fourth-order valence-electron chi connectivity index (χ4n) is 2.87. The van der Waals surface area contributed by atoms with Crippen LogP contribution in [-0.2, 0) is 10.2 Å². The molecule has 1 aliphatic carbocycles. The zero-order valence-corrected chi connectivity index (χ0v) is 16.0. The summed E-state index contributed by atoms with van der Waals surface area (Å²) in [6.45, 7) is 2.65. The maximum absolute atomic E-state index is 12.4. The Kier molecular flexibility index (Phi) is 6.07. The topological polar surface area (TPSA) is 55.1 Å². The first-order valence-corrected chi connectivity index (χ1v) is 8.66. The average Bonchev–Trinajstić information content (AvgIpc) is 3.34. The van der Waals surface area contributed by atoms with E-state index in [1.165, 1.54) is 5.56 Å². The van der Waals surface area contributed by atoms with E-state index in [9.17, 15) is 4.79 Å². The van der Waals surface area contributed by atoms with Crippen LogP contribution in [0.2, 0.25) is 0 Å². The second kappa shape index (κ2) is 7.68. The molecule has 0 aromatic heterocycles. The van der Waals surface area contributed by atoms with Crippen LogP contribution < -0.4 is 11.1 Å². The van der Waals surface area contributed by atoms with Crippen molar-refractivity contribution in [1.29, 1.82) is 0 Å². The van der Waals surface area contributed by atoms with Crippen LogP contribution in [0.5, 0.6) is 0 Å². The standard InChI is InChI=1S/C19H21BrN2O.ClH/c1-13-6-8-14(9-7-13)17(21)18(23)22-12-19(10-11-19)15-4-2-3-5-16(15)20;/h2-9,17H,10-12,21H2,1H3,(H,22,23);1H. The zero-order chi connectivity index (χ0) is 16.4. The van der Waals surface area contributed by atoms with E-state index in [-0.39, 0.29) is 23.7 Å². The first-order valence-electron chi connectivity index (χ1n) is 7.87. The molecule has 1 aliphatic rings. The number of nitrogens with one attached hydrogen (secondary N) is 1. The van der Waals surface area contributed by atoms with Gasteiger partial charge in [-0.15, -0.1) is 12.4 Å². The van der Waals surface area contributed by atoms with E-state index < -0.39 is 6.04 Å². The molecule has 0 saturated heterocycles. The number of amides is 1. The van der Waals surface area contributed by atoms with Crippen molar-refractivity contribution < 1.29 is 4.79 Å². The molecule has 24 heavy (non-hydrogen) atoms. The SMILES string of the molecule is Cc1ccc(C(N)C(=O)NCC2(c3ccccc3Br)CC2)cc1.Cl. The lowest BCUT2D eigenvalue weighted by Crippen LogP contribution is -2.38. The molecule has 0 radical (unpaired) electrons. The van der Waals surface area contributed by atoms with Gasteiger partial charge in [0.1, 0.15) is 6.04 Å². The Morgan fingerprint density at radius 3 is 2.42 bits per heavy atom. The molecule has 3 nitrogen and oxygen atoms in total. The van der Waals surface area contributed by atoms with Gasteiger partial charge in [0.2, 0.25) is 5.91 Å². The largest absolute Gasteiger partial charge is 0.354 e. The number of benzene rings is 2. The van der Waals surface area contributed by atoms with E-state index in [2.05, 4.69) is 33.4 Å². The van der Waals surface area contributed by atoms with Crippen LogP contribution in [0, 0.1) is 6.92 Å². The highest BCUT2D eigenvalue weighted by molar-refractivity contribution is 9.10. The number of carbonyl (C=O) groups excluding carboxylic acids is 1. The molecule has 1 amide bonds. The molecule has 3 N–H and O–H groups in total. The molecule has 1 fully saturated rings. The highest BCUT2D eigenvalue weighted by Crippen LogP contribution is 2.49. The minimum atomic E-state index is -0.620. The van der Waals surface area contributed by atoms with E-state index >= 15 is 0 Å². The van der Waals surface area contributed by atoms with Crippen molar-refractivity contribution in [2.75, 3.05) is 6.54 Å². The molecule has 1 atom stereocenters. The minimum absolute atomic E-state index is 0. The Hall–Kier alpha value is -1.36. The highest BCUT2D eigenvalue weighted by Gasteiger charge is 2.45. The van der Waals surface area contributed by atoms with Crippen molar-refractivity contribution in [3.05, 3.63) is 69.7 Å². The molecule has 0 aliphatic heterocycles. The van der Waals surface area contributed by atoms with Gasteiger partial charge in [-0.05, 0) is 37.0 Å². The number of hydrogen-bond acceptors (Lipinski definition) is 2. The van der Waals surface area contributed by atoms with E-state index in [1.54, 1.807) is 0 Å². The lowest BCUT2D eigenvalue weighted by molar-refractivity contribution is -0.122. The second-order valence-corrected chi connectivity index (χ2v) is 7.22. The third-order valence-electron chi connectivity index (χ3n) is 4.62. The lowest BCUT2D eigenvalue weighted by atomic mass is 9.95. The van der Waals surface area contributed by atoms with Gasteiger partial charge in [-0.1, -0.05) is 64.0 Å². The maximum Gasteiger partial charge on any atom is 0.241 e. The molecule has 0 bridgehead atoms. The average molecular weight is 410 g/mol. The van der Waals surface area contributed by atoms with Crippen LogP contribution >= 0.6 is 28.3 Å². The summed E-state index contributed by atoms with van der Waals surface area (Å²) in [7, 11) is 0. The van der Waals surface area contributed by atoms with Gasteiger partial charge < -0.3 is 11.1 Å². The zero-order valence-electron chi connectivity index (χ0n) is 13.6.